The van der Waals surface area contributed by atoms with Gasteiger partial charge in [-0.2, -0.15) is 0 Å². The standard InChI is InChI=1S/C25H24FNO3/c1-18(21-12-13-22(23(26)16-21)20-10-6-3-7-11-20)25(29)30-15-14-24(28)27-17-19-8-4-2-5-9-19/h2-13,16,18H,14-15,17H2,1H3,(H,27,28). The lowest BCUT2D eigenvalue weighted by atomic mass is 9.97. The monoisotopic (exact) mass is 405 g/mol. The zero-order chi connectivity index (χ0) is 21.3. The second-order valence-electron chi connectivity index (χ2n) is 7.01. The highest BCUT2D eigenvalue weighted by Gasteiger charge is 2.19. The average Bonchev–Trinajstić information content (AvgIpc) is 2.78. The molecule has 3 aromatic carbocycles. The van der Waals surface area contributed by atoms with Crippen LogP contribution in [0.3, 0.4) is 0 Å². The second-order valence-corrected chi connectivity index (χ2v) is 7.01. The Kier molecular flexibility index (Phi) is 7.33. The first-order chi connectivity index (χ1) is 14.5. The molecule has 0 saturated carbocycles. The fraction of sp³-hybridized carbons (Fsp3) is 0.200. The molecule has 0 radical (unpaired) electrons. The van der Waals surface area contributed by atoms with Gasteiger partial charge in [-0.1, -0.05) is 72.8 Å². The van der Waals surface area contributed by atoms with Crippen LogP contribution in [-0.4, -0.2) is 18.5 Å². The first kappa shape index (κ1) is 21.2. The number of carbonyl (C=O) groups excluding carboxylic acids is 2. The molecule has 0 aliphatic carbocycles. The number of nitrogens with one attached hydrogen (secondary N) is 1. The maximum atomic E-state index is 14.5. The van der Waals surface area contributed by atoms with Crippen molar-refractivity contribution in [3.8, 4) is 11.1 Å². The van der Waals surface area contributed by atoms with Crippen molar-refractivity contribution in [1.29, 1.82) is 0 Å². The molecule has 0 heterocycles. The molecule has 1 amide bonds. The van der Waals surface area contributed by atoms with E-state index in [0.29, 0.717) is 17.7 Å². The molecule has 1 unspecified atom stereocenters. The van der Waals surface area contributed by atoms with Crippen molar-refractivity contribution in [2.24, 2.45) is 0 Å². The molecule has 154 valence electrons. The molecule has 1 N–H and O–H groups in total. The Labute approximate surface area is 175 Å². The van der Waals surface area contributed by atoms with E-state index in [0.717, 1.165) is 11.1 Å². The van der Waals surface area contributed by atoms with Crippen LogP contribution in [0.5, 0.6) is 0 Å². The smallest absolute Gasteiger partial charge is 0.313 e. The zero-order valence-corrected chi connectivity index (χ0v) is 16.8. The van der Waals surface area contributed by atoms with Gasteiger partial charge in [-0.15, -0.1) is 0 Å². The van der Waals surface area contributed by atoms with Crippen molar-refractivity contribution in [2.45, 2.75) is 25.8 Å². The number of esters is 1. The van der Waals surface area contributed by atoms with E-state index in [-0.39, 0.29) is 18.9 Å². The number of benzene rings is 3. The van der Waals surface area contributed by atoms with Gasteiger partial charge in [-0.3, -0.25) is 9.59 Å². The summed E-state index contributed by atoms with van der Waals surface area (Å²) < 4.78 is 19.8. The maximum Gasteiger partial charge on any atom is 0.313 e. The molecule has 0 aromatic heterocycles. The molecule has 0 spiro atoms. The van der Waals surface area contributed by atoms with Crippen LogP contribution in [0.15, 0.2) is 78.9 Å². The van der Waals surface area contributed by atoms with Crippen LogP contribution in [0, 0.1) is 5.82 Å². The van der Waals surface area contributed by atoms with Gasteiger partial charge in [0.1, 0.15) is 12.4 Å². The Morgan fingerprint density at radius 2 is 1.63 bits per heavy atom. The number of hydrogen-bond donors (Lipinski definition) is 1. The number of ether oxygens (including phenoxy) is 1. The third-order valence-corrected chi connectivity index (χ3v) is 4.84. The fourth-order valence-corrected chi connectivity index (χ4v) is 3.04. The lowest BCUT2D eigenvalue weighted by molar-refractivity contribution is -0.145. The SMILES string of the molecule is CC(C(=O)OCCC(=O)NCc1ccccc1)c1ccc(-c2ccccc2)c(F)c1. The van der Waals surface area contributed by atoms with E-state index in [1.807, 2.05) is 60.7 Å². The first-order valence-corrected chi connectivity index (χ1v) is 9.86. The Bertz CT molecular complexity index is 990. The Hall–Kier alpha value is -3.47. The molecule has 30 heavy (non-hydrogen) atoms. The molecule has 4 nitrogen and oxygen atoms in total. The van der Waals surface area contributed by atoms with E-state index in [2.05, 4.69) is 5.32 Å². The third-order valence-electron chi connectivity index (χ3n) is 4.84. The van der Waals surface area contributed by atoms with Crippen molar-refractivity contribution in [3.63, 3.8) is 0 Å². The molecule has 3 aromatic rings. The third kappa shape index (κ3) is 5.77. The summed E-state index contributed by atoms with van der Waals surface area (Å²) in [5.41, 5.74) is 2.79. The quantitative estimate of drug-likeness (QED) is 0.545. The van der Waals surface area contributed by atoms with Gasteiger partial charge in [-0.05, 0) is 29.7 Å². The van der Waals surface area contributed by atoms with Crippen molar-refractivity contribution in [2.75, 3.05) is 6.61 Å². The lowest BCUT2D eigenvalue weighted by Gasteiger charge is -2.13. The van der Waals surface area contributed by atoms with E-state index in [9.17, 15) is 14.0 Å². The number of amides is 1. The minimum atomic E-state index is -0.628. The van der Waals surface area contributed by atoms with E-state index < -0.39 is 17.7 Å². The lowest BCUT2D eigenvalue weighted by Crippen LogP contribution is -2.25. The molecular formula is C25H24FNO3. The van der Waals surface area contributed by atoms with Crippen LogP contribution in [0.2, 0.25) is 0 Å². The maximum absolute atomic E-state index is 14.5. The highest BCUT2D eigenvalue weighted by atomic mass is 19.1. The average molecular weight is 405 g/mol. The van der Waals surface area contributed by atoms with Gasteiger partial charge in [0.15, 0.2) is 0 Å². The predicted octanol–water partition coefficient (Wildman–Crippen LogP) is 4.85. The van der Waals surface area contributed by atoms with Crippen LogP contribution >= 0.6 is 0 Å². The second kappa shape index (κ2) is 10.3. The highest BCUT2D eigenvalue weighted by molar-refractivity contribution is 5.79. The molecule has 0 aliphatic heterocycles. The number of halogens is 1. The minimum absolute atomic E-state index is 0.0195. The van der Waals surface area contributed by atoms with E-state index >= 15 is 0 Å². The topological polar surface area (TPSA) is 55.4 Å². The van der Waals surface area contributed by atoms with Crippen LogP contribution in [-0.2, 0) is 20.9 Å². The molecule has 0 saturated heterocycles. The van der Waals surface area contributed by atoms with Gasteiger partial charge >= 0.3 is 5.97 Å². The summed E-state index contributed by atoms with van der Waals surface area (Å²) in [4.78, 5) is 24.2. The van der Waals surface area contributed by atoms with Crippen LogP contribution < -0.4 is 5.32 Å². The molecule has 0 bridgehead atoms. The van der Waals surface area contributed by atoms with E-state index in [4.69, 9.17) is 4.74 Å². The number of carbonyl (C=O) groups is 2. The minimum Gasteiger partial charge on any atom is -0.465 e. The van der Waals surface area contributed by atoms with E-state index in [1.165, 1.54) is 6.07 Å². The normalized spacial score (nSPS) is 11.5. The summed E-state index contributed by atoms with van der Waals surface area (Å²) in [7, 11) is 0. The van der Waals surface area contributed by atoms with Gasteiger partial charge in [0, 0.05) is 12.1 Å². The zero-order valence-electron chi connectivity index (χ0n) is 16.8. The van der Waals surface area contributed by atoms with Crippen molar-refractivity contribution < 1.29 is 18.7 Å². The highest BCUT2D eigenvalue weighted by Crippen LogP contribution is 2.26. The van der Waals surface area contributed by atoms with Crippen molar-refractivity contribution in [3.05, 3.63) is 95.8 Å². The van der Waals surface area contributed by atoms with Crippen molar-refractivity contribution >= 4 is 11.9 Å². The first-order valence-electron chi connectivity index (χ1n) is 9.86. The number of hydrogen-bond acceptors (Lipinski definition) is 3. The summed E-state index contributed by atoms with van der Waals surface area (Å²) in [6.07, 6.45) is 0.0760. The largest absolute Gasteiger partial charge is 0.465 e. The predicted molar refractivity (Wildman–Crippen MR) is 114 cm³/mol. The Morgan fingerprint density at radius 3 is 2.30 bits per heavy atom. The molecule has 0 aliphatic rings. The van der Waals surface area contributed by atoms with Crippen LogP contribution in [0.1, 0.15) is 30.4 Å². The summed E-state index contributed by atoms with van der Waals surface area (Å²) in [6, 6.07) is 23.5. The van der Waals surface area contributed by atoms with Crippen LogP contribution in [0.25, 0.3) is 11.1 Å². The summed E-state index contributed by atoms with van der Waals surface area (Å²) >= 11 is 0. The van der Waals surface area contributed by atoms with Crippen molar-refractivity contribution in [1.82, 2.24) is 5.32 Å². The summed E-state index contributed by atoms with van der Waals surface area (Å²) in [5, 5.41) is 2.78. The molecule has 0 fully saturated rings. The molecule has 5 heteroatoms. The fourth-order valence-electron chi connectivity index (χ4n) is 3.04. The van der Waals surface area contributed by atoms with Gasteiger partial charge in [0.2, 0.25) is 5.91 Å². The van der Waals surface area contributed by atoms with Gasteiger partial charge < -0.3 is 10.1 Å². The molecule has 3 rings (SSSR count). The Morgan fingerprint density at radius 1 is 0.967 bits per heavy atom. The van der Waals surface area contributed by atoms with Crippen LogP contribution in [0.4, 0.5) is 4.39 Å². The van der Waals surface area contributed by atoms with Gasteiger partial charge in [0.05, 0.1) is 12.3 Å². The summed E-state index contributed by atoms with van der Waals surface area (Å²) in [5.74, 6) is -1.70. The summed E-state index contributed by atoms with van der Waals surface area (Å²) in [6.45, 7) is 2.07. The molecule has 1 atom stereocenters. The van der Waals surface area contributed by atoms with E-state index in [1.54, 1.807) is 19.1 Å². The number of rotatable bonds is 8. The Balaban J connectivity index is 1.48. The van der Waals surface area contributed by atoms with Gasteiger partial charge in [-0.25, -0.2) is 4.39 Å². The molecular weight excluding hydrogens is 381 g/mol. The van der Waals surface area contributed by atoms with Gasteiger partial charge in [0.25, 0.3) is 0 Å².